The lowest BCUT2D eigenvalue weighted by Gasteiger charge is -2.02. The van der Waals surface area contributed by atoms with Gasteiger partial charge in [0.1, 0.15) is 13.0 Å². The Morgan fingerprint density at radius 1 is 1.15 bits per heavy atom. The van der Waals surface area contributed by atoms with E-state index in [1.807, 2.05) is 0 Å². The first-order valence-electron chi connectivity index (χ1n) is 5.06. The van der Waals surface area contributed by atoms with Crippen LogP contribution in [-0.4, -0.2) is 41.7 Å². The summed E-state index contributed by atoms with van der Waals surface area (Å²) in [7, 11) is 1.31. The van der Waals surface area contributed by atoms with E-state index in [4.69, 9.17) is 0 Å². The van der Waals surface area contributed by atoms with Crippen LogP contribution in [0, 0.1) is 20.2 Å². The second kappa shape index (κ2) is 11.3. The van der Waals surface area contributed by atoms with Crippen LogP contribution in [-0.2, 0) is 19.1 Å². The van der Waals surface area contributed by atoms with Crippen LogP contribution in [0.2, 0.25) is 0 Å². The maximum atomic E-state index is 10.5. The molecule has 0 spiro atoms. The van der Waals surface area contributed by atoms with Gasteiger partial charge < -0.3 is 9.47 Å². The number of nitrogens with zero attached hydrogens (tertiary/aromatic N) is 2. The third kappa shape index (κ3) is 10.4. The van der Waals surface area contributed by atoms with Crippen molar-refractivity contribution in [1.29, 1.82) is 0 Å². The molecule has 0 heterocycles. The predicted molar refractivity (Wildman–Crippen MR) is 65.8 cm³/mol. The summed E-state index contributed by atoms with van der Waals surface area (Å²) >= 11 is 0. The van der Waals surface area contributed by atoms with Gasteiger partial charge in [-0.15, -0.1) is 0 Å². The standard InChI is InChI=1S/C6H8N2O6.C4H6O2/c1-2-6(9)14-4-3-5(7(10)11)8(12)13;1-3-4(5)6-2/h2,5H,1,3-4H2;3H,1H2,2H3. The number of hydrogen-bond donors (Lipinski definition) is 0. The van der Waals surface area contributed by atoms with Crippen LogP contribution in [0.15, 0.2) is 25.3 Å². The molecule has 0 saturated heterocycles. The lowest BCUT2D eigenvalue weighted by Crippen LogP contribution is -2.30. The topological polar surface area (TPSA) is 139 Å². The van der Waals surface area contributed by atoms with Crippen molar-refractivity contribution in [2.45, 2.75) is 12.6 Å². The molecule has 0 aliphatic heterocycles. The van der Waals surface area contributed by atoms with Crippen LogP contribution < -0.4 is 0 Å². The molecular weight excluding hydrogens is 276 g/mol. The van der Waals surface area contributed by atoms with Gasteiger partial charge in [-0.1, -0.05) is 13.2 Å². The number of rotatable bonds is 7. The number of carbonyl (C=O) groups is 2. The molecule has 0 aromatic rings. The van der Waals surface area contributed by atoms with E-state index < -0.39 is 34.4 Å². The first-order valence-corrected chi connectivity index (χ1v) is 5.06. The Hall–Kier alpha value is -2.78. The summed E-state index contributed by atoms with van der Waals surface area (Å²) < 4.78 is 8.50. The molecule has 0 aromatic heterocycles. The number of ether oxygens (including phenoxy) is 2. The highest BCUT2D eigenvalue weighted by molar-refractivity contribution is 5.81. The molecule has 112 valence electrons. The molecule has 10 nitrogen and oxygen atoms in total. The van der Waals surface area contributed by atoms with Gasteiger partial charge in [-0.2, -0.15) is 0 Å². The zero-order valence-corrected chi connectivity index (χ0v) is 10.7. The van der Waals surface area contributed by atoms with Crippen molar-refractivity contribution in [3.8, 4) is 0 Å². The van der Waals surface area contributed by atoms with Crippen molar-refractivity contribution in [2.75, 3.05) is 13.7 Å². The summed E-state index contributed by atoms with van der Waals surface area (Å²) in [4.78, 5) is 38.4. The minimum absolute atomic E-state index is 0.377. The third-order valence-corrected chi connectivity index (χ3v) is 1.64. The van der Waals surface area contributed by atoms with Gasteiger partial charge in [0.25, 0.3) is 0 Å². The third-order valence-electron chi connectivity index (χ3n) is 1.64. The van der Waals surface area contributed by atoms with Crippen LogP contribution in [0.4, 0.5) is 0 Å². The number of esters is 2. The molecule has 0 aliphatic carbocycles. The quantitative estimate of drug-likeness (QED) is 0.215. The van der Waals surface area contributed by atoms with E-state index in [-0.39, 0.29) is 6.61 Å². The molecule has 10 heteroatoms. The van der Waals surface area contributed by atoms with Crippen LogP contribution in [0.1, 0.15) is 6.42 Å². The van der Waals surface area contributed by atoms with Gasteiger partial charge >= 0.3 is 18.1 Å². The SMILES string of the molecule is C=CC(=O)OC.C=CC(=O)OCCC([N+](=O)[O-])[N+](=O)[O-]. The summed E-state index contributed by atoms with van der Waals surface area (Å²) in [5.41, 5.74) is 0. The fourth-order valence-electron chi connectivity index (χ4n) is 0.695. The summed E-state index contributed by atoms with van der Waals surface area (Å²) in [6.07, 6.45) is -0.417. The van der Waals surface area contributed by atoms with E-state index in [9.17, 15) is 29.8 Å². The van der Waals surface area contributed by atoms with Crippen molar-refractivity contribution >= 4 is 11.9 Å². The molecule has 0 N–H and O–H groups in total. The Morgan fingerprint density at radius 2 is 1.60 bits per heavy atom. The van der Waals surface area contributed by atoms with E-state index in [1.165, 1.54) is 7.11 Å². The average Bonchev–Trinajstić information content (AvgIpc) is 2.41. The Labute approximate surface area is 114 Å². The van der Waals surface area contributed by atoms with Gasteiger partial charge in [0.05, 0.1) is 17.0 Å². The number of methoxy groups -OCH3 is 1. The zero-order valence-electron chi connectivity index (χ0n) is 10.7. The molecule has 20 heavy (non-hydrogen) atoms. The minimum atomic E-state index is -1.94. The molecule has 0 bridgehead atoms. The summed E-state index contributed by atoms with van der Waals surface area (Å²) in [5.74, 6) is -1.16. The van der Waals surface area contributed by atoms with Crippen molar-refractivity contribution in [3.05, 3.63) is 45.5 Å². The average molecular weight is 290 g/mol. The lowest BCUT2D eigenvalue weighted by molar-refractivity contribution is -0.743. The Kier molecular flexibility index (Phi) is 11.1. The monoisotopic (exact) mass is 290 g/mol. The molecule has 0 atom stereocenters. The summed E-state index contributed by atoms with van der Waals surface area (Å²) in [6, 6.07) is 0. The fraction of sp³-hybridized carbons (Fsp3) is 0.400. The highest BCUT2D eigenvalue weighted by Crippen LogP contribution is 1.98. The summed E-state index contributed by atoms with van der Waals surface area (Å²) in [6.45, 7) is 5.87. The molecule has 0 radical (unpaired) electrons. The minimum Gasteiger partial charge on any atom is -0.466 e. The van der Waals surface area contributed by atoms with Crippen LogP contribution >= 0.6 is 0 Å². The Morgan fingerprint density at radius 3 is 1.85 bits per heavy atom. The van der Waals surface area contributed by atoms with Crippen molar-refractivity contribution in [2.24, 2.45) is 0 Å². The molecule has 0 fully saturated rings. The van der Waals surface area contributed by atoms with E-state index >= 15 is 0 Å². The fourth-order valence-corrected chi connectivity index (χ4v) is 0.695. The normalized spacial score (nSPS) is 8.70. The largest absolute Gasteiger partial charge is 0.466 e. The van der Waals surface area contributed by atoms with Gasteiger partial charge in [-0.3, -0.25) is 20.2 Å². The maximum Gasteiger partial charge on any atom is 0.454 e. The number of nitro groups is 2. The maximum absolute atomic E-state index is 10.5. The Bertz CT molecular complexity index is 379. The van der Waals surface area contributed by atoms with Crippen molar-refractivity contribution in [1.82, 2.24) is 0 Å². The first-order chi connectivity index (χ1) is 9.29. The highest BCUT2D eigenvalue weighted by atomic mass is 16.7. The van der Waals surface area contributed by atoms with Crippen molar-refractivity contribution in [3.63, 3.8) is 0 Å². The highest BCUT2D eigenvalue weighted by Gasteiger charge is 2.31. The molecular formula is C10H14N2O8. The van der Waals surface area contributed by atoms with Gasteiger partial charge in [0.2, 0.25) is 0 Å². The smallest absolute Gasteiger partial charge is 0.454 e. The molecule has 0 rings (SSSR count). The van der Waals surface area contributed by atoms with E-state index in [0.29, 0.717) is 0 Å². The number of carbonyl (C=O) groups excluding carboxylic acids is 2. The lowest BCUT2D eigenvalue weighted by atomic mass is 10.4. The molecule has 0 amide bonds. The van der Waals surface area contributed by atoms with Crippen molar-refractivity contribution < 1.29 is 28.9 Å². The van der Waals surface area contributed by atoms with Gasteiger partial charge in [0, 0.05) is 12.2 Å². The van der Waals surface area contributed by atoms with E-state index in [1.54, 1.807) is 0 Å². The molecule has 0 aliphatic rings. The van der Waals surface area contributed by atoms with Crippen LogP contribution in [0.3, 0.4) is 0 Å². The summed E-state index contributed by atoms with van der Waals surface area (Å²) in [5, 5.41) is 20.2. The van der Waals surface area contributed by atoms with Gasteiger partial charge in [-0.25, -0.2) is 9.59 Å². The second-order valence-corrected chi connectivity index (χ2v) is 2.94. The van der Waals surface area contributed by atoms with Gasteiger partial charge in [-0.05, 0) is 0 Å². The Balaban J connectivity index is 0. The van der Waals surface area contributed by atoms with Crippen LogP contribution in [0.5, 0.6) is 0 Å². The molecule has 0 saturated carbocycles. The number of hydrogen-bond acceptors (Lipinski definition) is 8. The molecule has 0 unspecified atom stereocenters. The second-order valence-electron chi connectivity index (χ2n) is 2.94. The predicted octanol–water partition coefficient (Wildman–Crippen LogP) is 0.331. The molecule has 0 aromatic carbocycles. The van der Waals surface area contributed by atoms with E-state index in [0.717, 1.165) is 12.2 Å². The van der Waals surface area contributed by atoms with E-state index in [2.05, 4.69) is 22.6 Å². The first kappa shape index (κ1) is 19.6. The zero-order chi connectivity index (χ0) is 16.1. The van der Waals surface area contributed by atoms with Crippen LogP contribution in [0.25, 0.3) is 0 Å². The van der Waals surface area contributed by atoms with Gasteiger partial charge in [0.15, 0.2) is 0 Å².